The smallest absolute Gasteiger partial charge is 0.231 e. The molecule has 4 heterocycles. The summed E-state index contributed by atoms with van der Waals surface area (Å²) in [5.41, 5.74) is 2.78. The van der Waals surface area contributed by atoms with Gasteiger partial charge >= 0.3 is 0 Å². The molecule has 8 heteroatoms. The highest BCUT2D eigenvalue weighted by molar-refractivity contribution is 6.00. The molecule has 8 nitrogen and oxygen atoms in total. The highest BCUT2D eigenvalue weighted by Crippen LogP contribution is 2.37. The fourth-order valence-electron chi connectivity index (χ4n) is 4.97. The first kappa shape index (κ1) is 19.2. The third-order valence-corrected chi connectivity index (χ3v) is 6.74. The maximum Gasteiger partial charge on any atom is 0.231 e. The number of para-hydroxylation sites is 2. The topological polar surface area (TPSA) is 87.8 Å². The highest BCUT2D eigenvalue weighted by Gasteiger charge is 2.38. The van der Waals surface area contributed by atoms with Gasteiger partial charge in [0.05, 0.1) is 17.0 Å². The Morgan fingerprint density at radius 3 is 2.72 bits per heavy atom. The number of hydrogen-bond acceptors (Lipinski definition) is 5. The summed E-state index contributed by atoms with van der Waals surface area (Å²) in [6.45, 7) is 1.98. The van der Waals surface area contributed by atoms with Gasteiger partial charge in [-0.3, -0.25) is 9.59 Å². The minimum Gasteiger partial charge on any atom is -0.454 e. The van der Waals surface area contributed by atoms with Crippen LogP contribution in [0.15, 0.2) is 42.5 Å². The Balaban J connectivity index is 1.10. The van der Waals surface area contributed by atoms with Crippen molar-refractivity contribution in [3.63, 3.8) is 0 Å². The number of rotatable bonds is 3. The van der Waals surface area contributed by atoms with Crippen molar-refractivity contribution in [2.75, 3.05) is 31.3 Å². The number of imidazole rings is 1. The lowest BCUT2D eigenvalue weighted by atomic mass is 9.95. The molecular weight excluding hydrogens is 408 g/mol. The largest absolute Gasteiger partial charge is 0.454 e. The number of amides is 2. The van der Waals surface area contributed by atoms with Crippen LogP contribution in [0.25, 0.3) is 11.0 Å². The normalized spacial score (nSPS) is 21.0. The van der Waals surface area contributed by atoms with Gasteiger partial charge in [0.1, 0.15) is 5.82 Å². The van der Waals surface area contributed by atoms with Gasteiger partial charge < -0.3 is 24.3 Å². The first-order chi connectivity index (χ1) is 15.7. The number of fused-ring (bicyclic) bond motifs is 2. The molecule has 0 saturated carbocycles. The minimum absolute atomic E-state index is 0.0284. The van der Waals surface area contributed by atoms with Crippen molar-refractivity contribution in [2.45, 2.75) is 25.2 Å². The van der Waals surface area contributed by atoms with E-state index >= 15 is 0 Å². The summed E-state index contributed by atoms with van der Waals surface area (Å²) in [5.74, 6) is 2.38. The summed E-state index contributed by atoms with van der Waals surface area (Å²) < 4.78 is 10.8. The molecule has 1 unspecified atom stereocenters. The van der Waals surface area contributed by atoms with Crippen molar-refractivity contribution in [3.8, 4) is 11.5 Å². The van der Waals surface area contributed by atoms with Crippen molar-refractivity contribution < 1.29 is 19.1 Å². The lowest BCUT2D eigenvalue weighted by molar-refractivity contribution is -0.136. The van der Waals surface area contributed by atoms with Crippen LogP contribution in [0, 0.1) is 5.92 Å². The van der Waals surface area contributed by atoms with Gasteiger partial charge in [0.25, 0.3) is 0 Å². The van der Waals surface area contributed by atoms with Crippen LogP contribution in [-0.4, -0.2) is 53.1 Å². The summed E-state index contributed by atoms with van der Waals surface area (Å²) in [7, 11) is 0. The van der Waals surface area contributed by atoms with Crippen molar-refractivity contribution in [2.24, 2.45) is 5.92 Å². The first-order valence-corrected chi connectivity index (χ1v) is 11.1. The molecule has 164 valence electrons. The van der Waals surface area contributed by atoms with Gasteiger partial charge in [-0.25, -0.2) is 4.98 Å². The van der Waals surface area contributed by atoms with E-state index in [1.807, 2.05) is 47.4 Å². The molecule has 1 N–H and O–H groups in total. The molecule has 2 aromatic carbocycles. The van der Waals surface area contributed by atoms with Gasteiger partial charge in [0, 0.05) is 43.7 Å². The average molecular weight is 432 g/mol. The van der Waals surface area contributed by atoms with E-state index in [9.17, 15) is 9.59 Å². The summed E-state index contributed by atoms with van der Waals surface area (Å²) >= 11 is 0. The number of benzene rings is 2. The van der Waals surface area contributed by atoms with Crippen LogP contribution in [0.4, 0.5) is 5.69 Å². The number of nitrogens with one attached hydrogen (secondary N) is 1. The van der Waals surface area contributed by atoms with Crippen LogP contribution in [0.5, 0.6) is 11.5 Å². The number of aromatic amines is 1. The molecule has 0 bridgehead atoms. The molecule has 32 heavy (non-hydrogen) atoms. The summed E-state index contributed by atoms with van der Waals surface area (Å²) in [6.07, 6.45) is 1.99. The second-order valence-electron chi connectivity index (χ2n) is 8.68. The van der Waals surface area contributed by atoms with Crippen LogP contribution in [-0.2, 0) is 9.59 Å². The van der Waals surface area contributed by atoms with Crippen LogP contribution in [0.3, 0.4) is 0 Å². The second kappa shape index (κ2) is 7.55. The van der Waals surface area contributed by atoms with Gasteiger partial charge in [-0.05, 0) is 37.1 Å². The predicted molar refractivity (Wildman–Crippen MR) is 118 cm³/mol. The van der Waals surface area contributed by atoms with Crippen molar-refractivity contribution in [3.05, 3.63) is 48.3 Å². The zero-order valence-corrected chi connectivity index (χ0v) is 17.6. The van der Waals surface area contributed by atoms with E-state index in [0.29, 0.717) is 37.1 Å². The first-order valence-electron chi connectivity index (χ1n) is 11.1. The molecule has 2 fully saturated rings. The lowest BCUT2D eigenvalue weighted by Gasteiger charge is -2.32. The van der Waals surface area contributed by atoms with E-state index < -0.39 is 0 Å². The number of anilines is 1. The van der Waals surface area contributed by atoms with Gasteiger partial charge in [0.2, 0.25) is 18.6 Å². The molecule has 0 radical (unpaired) electrons. The van der Waals surface area contributed by atoms with E-state index in [0.717, 1.165) is 35.4 Å². The summed E-state index contributed by atoms with van der Waals surface area (Å²) in [4.78, 5) is 37.6. The third-order valence-electron chi connectivity index (χ3n) is 6.74. The zero-order chi connectivity index (χ0) is 21.7. The number of carbonyl (C=O) groups excluding carboxylic acids is 2. The quantitative estimate of drug-likeness (QED) is 0.687. The molecule has 1 atom stereocenters. The number of carbonyl (C=O) groups is 2. The Bertz CT molecular complexity index is 1160. The number of aromatic nitrogens is 2. The summed E-state index contributed by atoms with van der Waals surface area (Å²) in [5, 5.41) is 0. The molecule has 0 aliphatic carbocycles. The Hall–Kier alpha value is -3.55. The molecule has 1 aromatic heterocycles. The number of nitrogens with zero attached hydrogens (tertiary/aromatic N) is 3. The molecular formula is C24H24N4O4. The van der Waals surface area contributed by atoms with Crippen molar-refractivity contribution >= 4 is 28.5 Å². The van der Waals surface area contributed by atoms with E-state index in [-0.39, 0.29) is 30.9 Å². The van der Waals surface area contributed by atoms with E-state index in [1.165, 1.54) is 0 Å². The Kier molecular flexibility index (Phi) is 4.52. The Morgan fingerprint density at radius 2 is 1.88 bits per heavy atom. The van der Waals surface area contributed by atoms with Gasteiger partial charge in [-0.15, -0.1) is 0 Å². The average Bonchev–Trinajstić information content (AvgIpc) is 3.56. The van der Waals surface area contributed by atoms with E-state index in [2.05, 4.69) is 4.98 Å². The maximum atomic E-state index is 13.2. The molecule has 2 amide bonds. The Labute approximate surface area is 185 Å². The number of ether oxygens (including phenoxy) is 2. The summed E-state index contributed by atoms with van der Waals surface area (Å²) in [6, 6.07) is 13.5. The lowest BCUT2D eigenvalue weighted by Crippen LogP contribution is -2.42. The molecule has 0 spiro atoms. The second-order valence-corrected chi connectivity index (χ2v) is 8.68. The molecule has 3 aliphatic rings. The van der Waals surface area contributed by atoms with E-state index in [1.54, 1.807) is 4.90 Å². The third kappa shape index (κ3) is 3.26. The molecule has 2 saturated heterocycles. The van der Waals surface area contributed by atoms with Crippen molar-refractivity contribution in [1.29, 1.82) is 0 Å². The van der Waals surface area contributed by atoms with Gasteiger partial charge in [-0.2, -0.15) is 0 Å². The number of likely N-dealkylation sites (tertiary alicyclic amines) is 1. The molecule has 6 rings (SSSR count). The number of hydrogen-bond donors (Lipinski definition) is 1. The number of H-pyrrole nitrogens is 1. The minimum atomic E-state index is -0.310. The van der Waals surface area contributed by atoms with Crippen molar-refractivity contribution in [1.82, 2.24) is 14.9 Å². The fraction of sp³-hybridized carbons (Fsp3) is 0.375. The monoisotopic (exact) mass is 432 g/mol. The van der Waals surface area contributed by atoms with Crippen LogP contribution in [0.1, 0.15) is 31.0 Å². The maximum absolute atomic E-state index is 13.2. The fourth-order valence-corrected chi connectivity index (χ4v) is 4.97. The van der Waals surface area contributed by atoms with E-state index in [4.69, 9.17) is 14.5 Å². The van der Waals surface area contributed by atoms with Gasteiger partial charge in [-0.1, -0.05) is 12.1 Å². The van der Waals surface area contributed by atoms with Gasteiger partial charge in [0.15, 0.2) is 11.5 Å². The highest BCUT2D eigenvalue weighted by atomic mass is 16.7. The SMILES string of the molecule is O=C(C1CC(=O)N(c2ccc3c(c2)OCO3)C1)N1CCC(c2nc3ccccc3[nH]2)CC1. The predicted octanol–water partition coefficient (Wildman–Crippen LogP) is 3.05. The van der Waals surface area contributed by atoms with Crippen LogP contribution >= 0.6 is 0 Å². The molecule has 3 aromatic rings. The number of piperidine rings is 1. The Morgan fingerprint density at radius 1 is 1.06 bits per heavy atom. The zero-order valence-electron chi connectivity index (χ0n) is 17.6. The standard InChI is InChI=1S/C24H24N4O4/c29-22-11-16(13-28(22)17-5-6-20-21(12-17)32-14-31-20)24(30)27-9-7-15(8-10-27)23-25-18-3-1-2-4-19(18)26-23/h1-6,12,15-16H,7-11,13-14H2,(H,25,26). The molecule has 3 aliphatic heterocycles. The van der Waals surface area contributed by atoms with Crippen LogP contribution < -0.4 is 14.4 Å². The van der Waals surface area contributed by atoms with Crippen LogP contribution in [0.2, 0.25) is 0 Å².